The van der Waals surface area contributed by atoms with Gasteiger partial charge in [0.2, 0.25) is 10.0 Å². The molecule has 1 aliphatic heterocycles. The Kier molecular flexibility index (Phi) is 7.08. The summed E-state index contributed by atoms with van der Waals surface area (Å²) in [6, 6.07) is 5.65. The molecule has 10 heteroatoms. The predicted octanol–water partition coefficient (Wildman–Crippen LogP) is 0.477. The number of hydrogen-bond donors (Lipinski definition) is 3. The zero-order valence-electron chi connectivity index (χ0n) is 12.9. The van der Waals surface area contributed by atoms with Gasteiger partial charge in [-0.2, -0.15) is 8.42 Å². The molecule has 2 rings (SSSR count). The molecular formula is C13H21FN2O5S2. The average molecular weight is 368 g/mol. The molecule has 1 heterocycles. The van der Waals surface area contributed by atoms with Crippen LogP contribution in [0.15, 0.2) is 29.2 Å². The van der Waals surface area contributed by atoms with Crippen LogP contribution in [0.5, 0.6) is 0 Å². The second-order valence-electron chi connectivity index (χ2n) is 5.07. The van der Waals surface area contributed by atoms with Gasteiger partial charge in [-0.1, -0.05) is 17.7 Å². The van der Waals surface area contributed by atoms with E-state index >= 15 is 0 Å². The minimum Gasteiger partial charge on any atom is -0.307 e. The first-order valence-electron chi connectivity index (χ1n) is 6.94. The van der Waals surface area contributed by atoms with Crippen LogP contribution in [-0.4, -0.2) is 52.4 Å². The van der Waals surface area contributed by atoms with Crippen molar-refractivity contribution in [2.24, 2.45) is 0 Å². The van der Waals surface area contributed by atoms with Gasteiger partial charge in [0.25, 0.3) is 10.1 Å². The van der Waals surface area contributed by atoms with E-state index in [1.54, 1.807) is 19.1 Å². The van der Waals surface area contributed by atoms with Gasteiger partial charge >= 0.3 is 0 Å². The van der Waals surface area contributed by atoms with Crippen molar-refractivity contribution in [2.75, 3.05) is 18.8 Å². The third-order valence-electron chi connectivity index (χ3n) is 3.23. The minimum absolute atomic E-state index is 0.0384. The summed E-state index contributed by atoms with van der Waals surface area (Å²) in [6.07, 6.45) is -0.912. The Hall–Kier alpha value is -1.07. The molecule has 1 aliphatic rings. The Morgan fingerprint density at radius 1 is 1.26 bits per heavy atom. The molecule has 0 bridgehead atoms. The molecule has 1 fully saturated rings. The van der Waals surface area contributed by atoms with E-state index in [1.165, 1.54) is 12.1 Å². The van der Waals surface area contributed by atoms with Crippen LogP contribution in [0, 0.1) is 6.92 Å². The fraction of sp³-hybridized carbons (Fsp3) is 0.538. The number of benzene rings is 1. The normalized spacial score (nSPS) is 21.0. The molecule has 1 aromatic rings. The van der Waals surface area contributed by atoms with Crippen molar-refractivity contribution in [3.63, 3.8) is 0 Å². The Bertz CT molecular complexity index is 704. The van der Waals surface area contributed by atoms with E-state index < -0.39 is 26.3 Å². The van der Waals surface area contributed by atoms with Gasteiger partial charge < -0.3 is 5.32 Å². The Morgan fingerprint density at radius 3 is 2.17 bits per heavy atom. The fourth-order valence-electron chi connectivity index (χ4n) is 1.60. The van der Waals surface area contributed by atoms with E-state index in [0.29, 0.717) is 6.54 Å². The Labute approximate surface area is 136 Å². The van der Waals surface area contributed by atoms with Crippen molar-refractivity contribution in [1.29, 1.82) is 0 Å². The summed E-state index contributed by atoms with van der Waals surface area (Å²) < 4.78 is 66.2. The van der Waals surface area contributed by atoms with Crippen LogP contribution in [0.25, 0.3) is 0 Å². The first kappa shape index (κ1) is 20.0. The van der Waals surface area contributed by atoms with Crippen LogP contribution >= 0.6 is 0 Å². The molecule has 0 aromatic heterocycles. The van der Waals surface area contributed by atoms with E-state index in [4.69, 9.17) is 4.55 Å². The lowest BCUT2D eigenvalue weighted by Crippen LogP contribution is -2.59. The van der Waals surface area contributed by atoms with Gasteiger partial charge in [-0.05, 0) is 26.0 Å². The van der Waals surface area contributed by atoms with Crippen molar-refractivity contribution >= 4 is 20.1 Å². The van der Waals surface area contributed by atoms with Crippen molar-refractivity contribution in [2.45, 2.75) is 31.0 Å². The summed E-state index contributed by atoms with van der Waals surface area (Å²) >= 11 is 0. The smallest absolute Gasteiger partial charge is 0.294 e. The maximum absolute atomic E-state index is 12.6. The quantitative estimate of drug-likeness (QED) is 0.652. The van der Waals surface area contributed by atoms with Gasteiger partial charge in [0.1, 0.15) is 6.17 Å². The van der Waals surface area contributed by atoms with Crippen LogP contribution < -0.4 is 10.0 Å². The van der Waals surface area contributed by atoms with Crippen molar-refractivity contribution in [3.05, 3.63) is 29.8 Å². The van der Waals surface area contributed by atoms with E-state index in [0.717, 1.165) is 5.56 Å². The molecule has 0 saturated carbocycles. The van der Waals surface area contributed by atoms with Gasteiger partial charge in [0.15, 0.2) is 0 Å². The van der Waals surface area contributed by atoms with E-state index in [9.17, 15) is 21.2 Å². The molecule has 2 atom stereocenters. The predicted molar refractivity (Wildman–Crippen MR) is 85.1 cm³/mol. The van der Waals surface area contributed by atoms with Crippen LogP contribution in [0.2, 0.25) is 0 Å². The highest BCUT2D eigenvalue weighted by Gasteiger charge is 2.30. The second-order valence-corrected chi connectivity index (χ2v) is 8.59. The van der Waals surface area contributed by atoms with E-state index in [1.807, 2.05) is 6.92 Å². The number of nitrogens with one attached hydrogen (secondary N) is 2. The third-order valence-corrected chi connectivity index (χ3v) is 5.47. The van der Waals surface area contributed by atoms with Gasteiger partial charge in [0.05, 0.1) is 16.7 Å². The third kappa shape index (κ3) is 6.92. The standard InChI is InChI=1S/C7H8O3S.C6H13FN2O2S/c1-6-2-4-7(5-3-6)11(8,9)10;1-2-12(10,11)9-4-6-5(7)3-8-6/h2-5H,1H3,(H,8,9,10);5-6,8-9H,2-4H2,1H3/t;5-,6-/m.1/s1. The van der Waals surface area contributed by atoms with Crippen LogP contribution in [0.1, 0.15) is 12.5 Å². The molecule has 0 unspecified atom stereocenters. The van der Waals surface area contributed by atoms with Gasteiger partial charge in [-0.25, -0.2) is 17.5 Å². The summed E-state index contributed by atoms with van der Waals surface area (Å²) in [7, 11) is -7.19. The molecule has 3 N–H and O–H groups in total. The van der Waals surface area contributed by atoms with Gasteiger partial charge in [-0.15, -0.1) is 0 Å². The summed E-state index contributed by atoms with van der Waals surface area (Å²) in [4.78, 5) is -0.0666. The SMILES string of the molecule is CCS(=O)(=O)NC[C@H]1NC[C@H]1F.Cc1ccc(S(=O)(=O)O)cc1. The maximum Gasteiger partial charge on any atom is 0.294 e. The zero-order valence-corrected chi connectivity index (χ0v) is 14.5. The summed E-state index contributed by atoms with van der Waals surface area (Å²) in [6.45, 7) is 3.87. The highest BCUT2D eigenvalue weighted by atomic mass is 32.2. The first-order chi connectivity index (χ1) is 10.5. The van der Waals surface area contributed by atoms with Crippen molar-refractivity contribution in [3.8, 4) is 0 Å². The highest BCUT2D eigenvalue weighted by Crippen LogP contribution is 2.08. The number of sulfonamides is 1. The van der Waals surface area contributed by atoms with E-state index in [-0.39, 0.29) is 23.2 Å². The van der Waals surface area contributed by atoms with Crippen LogP contribution in [0.3, 0.4) is 0 Å². The topological polar surface area (TPSA) is 113 Å². The highest BCUT2D eigenvalue weighted by molar-refractivity contribution is 7.89. The molecule has 1 saturated heterocycles. The molecule has 0 spiro atoms. The van der Waals surface area contributed by atoms with Gasteiger partial charge in [0, 0.05) is 13.1 Å². The largest absolute Gasteiger partial charge is 0.307 e. The van der Waals surface area contributed by atoms with Gasteiger partial charge in [-0.3, -0.25) is 4.55 Å². The molecule has 132 valence electrons. The molecule has 0 aliphatic carbocycles. The summed E-state index contributed by atoms with van der Waals surface area (Å²) in [5.41, 5.74) is 0.956. The molecule has 23 heavy (non-hydrogen) atoms. The Balaban J connectivity index is 0.000000231. The second kappa shape index (κ2) is 8.15. The maximum atomic E-state index is 12.6. The number of hydrogen-bond acceptors (Lipinski definition) is 5. The molecule has 0 amide bonds. The fourth-order valence-corrected chi connectivity index (χ4v) is 2.72. The summed E-state index contributed by atoms with van der Waals surface area (Å²) in [5, 5.41) is 2.79. The lowest BCUT2D eigenvalue weighted by molar-refractivity contribution is 0.160. The number of rotatable bonds is 5. The number of aryl methyl sites for hydroxylation is 1. The first-order valence-corrected chi connectivity index (χ1v) is 10.0. The zero-order chi connectivity index (χ0) is 17.7. The Morgan fingerprint density at radius 2 is 1.83 bits per heavy atom. The van der Waals surface area contributed by atoms with E-state index in [2.05, 4.69) is 10.0 Å². The molecular weight excluding hydrogens is 347 g/mol. The lowest BCUT2D eigenvalue weighted by atomic mass is 10.1. The van der Waals surface area contributed by atoms with Crippen molar-refractivity contribution < 1.29 is 25.8 Å². The average Bonchev–Trinajstić information content (AvgIpc) is 2.46. The number of halogens is 1. The number of alkyl halides is 1. The van der Waals surface area contributed by atoms with Crippen LogP contribution in [-0.2, 0) is 20.1 Å². The lowest BCUT2D eigenvalue weighted by Gasteiger charge is -2.31. The minimum atomic E-state index is -4.02. The molecule has 7 nitrogen and oxygen atoms in total. The molecule has 1 aromatic carbocycles. The van der Waals surface area contributed by atoms with Crippen molar-refractivity contribution in [1.82, 2.24) is 10.0 Å². The monoisotopic (exact) mass is 368 g/mol. The summed E-state index contributed by atoms with van der Waals surface area (Å²) in [5.74, 6) is 0.0384. The molecule has 0 radical (unpaired) electrons. The van der Waals surface area contributed by atoms with Crippen LogP contribution in [0.4, 0.5) is 4.39 Å².